The molecule has 0 saturated carbocycles. The molecule has 0 radical (unpaired) electrons. The van der Waals surface area contributed by atoms with E-state index in [0.717, 1.165) is 11.8 Å². The van der Waals surface area contributed by atoms with E-state index in [1.165, 1.54) is 0 Å². The fourth-order valence-electron chi connectivity index (χ4n) is 0.421. The van der Waals surface area contributed by atoms with E-state index in [-0.39, 0.29) is 5.25 Å². The number of halogens is 1. The van der Waals surface area contributed by atoms with Gasteiger partial charge < -0.3 is 4.74 Å². The van der Waals surface area contributed by atoms with Gasteiger partial charge in [-0.15, -0.1) is 0 Å². The molecule has 0 N–H and O–H groups in total. The van der Waals surface area contributed by atoms with Crippen LogP contribution >= 0.6 is 11.8 Å². The SMILES string of the molecule is CC1SC(=O)OC1F. The lowest BCUT2D eigenvalue weighted by Crippen LogP contribution is -2.08. The van der Waals surface area contributed by atoms with Gasteiger partial charge in [0.05, 0.1) is 5.25 Å². The van der Waals surface area contributed by atoms with Crippen molar-refractivity contribution in [2.75, 3.05) is 0 Å². The molecule has 0 aromatic carbocycles. The fourth-order valence-corrected chi connectivity index (χ4v) is 1.03. The van der Waals surface area contributed by atoms with Gasteiger partial charge in [0.2, 0.25) is 0 Å². The molecule has 0 aliphatic carbocycles. The molecular formula is C4H5FO2S. The number of alkyl halides is 1. The first-order chi connectivity index (χ1) is 3.70. The minimum absolute atomic E-state index is 0.331. The Morgan fingerprint density at radius 2 is 2.50 bits per heavy atom. The summed E-state index contributed by atoms with van der Waals surface area (Å²) in [5.74, 6) is 0. The second-order valence-corrected chi connectivity index (χ2v) is 2.85. The number of thioether (sulfide) groups is 1. The van der Waals surface area contributed by atoms with Gasteiger partial charge in [-0.3, -0.25) is 0 Å². The summed E-state index contributed by atoms with van der Waals surface area (Å²) >= 11 is 0.892. The Morgan fingerprint density at radius 1 is 1.88 bits per heavy atom. The smallest absolute Gasteiger partial charge is 0.370 e. The molecule has 1 saturated heterocycles. The largest absolute Gasteiger partial charge is 0.422 e. The Hall–Kier alpha value is -0.250. The molecule has 0 bridgehead atoms. The lowest BCUT2D eigenvalue weighted by Gasteiger charge is -1.97. The zero-order valence-electron chi connectivity index (χ0n) is 4.26. The first kappa shape index (κ1) is 5.88. The third kappa shape index (κ3) is 0.940. The molecule has 1 aliphatic rings. The van der Waals surface area contributed by atoms with Crippen LogP contribution in [-0.2, 0) is 4.74 Å². The summed E-state index contributed by atoms with van der Waals surface area (Å²) in [4.78, 5) is 10.2. The number of carbonyl (C=O) groups is 1. The minimum Gasteiger partial charge on any atom is -0.422 e. The van der Waals surface area contributed by atoms with E-state index in [2.05, 4.69) is 4.74 Å². The quantitative estimate of drug-likeness (QED) is 0.472. The van der Waals surface area contributed by atoms with Crippen LogP contribution in [0.1, 0.15) is 6.92 Å². The first-order valence-corrected chi connectivity index (χ1v) is 3.09. The van der Waals surface area contributed by atoms with E-state index < -0.39 is 11.7 Å². The van der Waals surface area contributed by atoms with Crippen LogP contribution in [-0.4, -0.2) is 16.9 Å². The maximum atomic E-state index is 12.1. The average molecular weight is 136 g/mol. The lowest BCUT2D eigenvalue weighted by atomic mass is 10.5. The summed E-state index contributed by atoms with van der Waals surface area (Å²) in [5, 5.41) is -0.840. The Kier molecular flexibility index (Phi) is 1.42. The molecule has 1 aliphatic heterocycles. The lowest BCUT2D eigenvalue weighted by molar-refractivity contribution is 0.0423. The predicted octanol–water partition coefficient (Wildman–Crippen LogP) is 1.55. The molecular weight excluding hydrogens is 131 g/mol. The number of hydrogen-bond acceptors (Lipinski definition) is 3. The molecule has 0 aromatic rings. The van der Waals surface area contributed by atoms with Gasteiger partial charge in [-0.05, 0) is 18.7 Å². The molecule has 2 atom stereocenters. The van der Waals surface area contributed by atoms with Gasteiger partial charge in [0.1, 0.15) is 0 Å². The number of cyclic esters (lactones) is 1. The first-order valence-electron chi connectivity index (χ1n) is 2.21. The summed E-state index contributed by atoms with van der Waals surface area (Å²) in [5.41, 5.74) is 0. The molecule has 4 heteroatoms. The highest BCUT2D eigenvalue weighted by Gasteiger charge is 2.31. The maximum absolute atomic E-state index is 12.1. The number of rotatable bonds is 0. The molecule has 46 valence electrons. The van der Waals surface area contributed by atoms with Crippen molar-refractivity contribution in [3.63, 3.8) is 0 Å². The number of hydrogen-bond donors (Lipinski definition) is 0. The van der Waals surface area contributed by atoms with Gasteiger partial charge in [0.15, 0.2) is 0 Å². The van der Waals surface area contributed by atoms with Gasteiger partial charge >= 0.3 is 5.30 Å². The van der Waals surface area contributed by atoms with Crippen molar-refractivity contribution < 1.29 is 13.9 Å². The van der Waals surface area contributed by atoms with E-state index in [1.54, 1.807) is 6.92 Å². The number of ether oxygens (including phenoxy) is 1. The summed E-state index contributed by atoms with van der Waals surface area (Å²) < 4.78 is 16.2. The molecule has 0 spiro atoms. The third-order valence-electron chi connectivity index (χ3n) is 0.860. The topological polar surface area (TPSA) is 26.3 Å². The van der Waals surface area contributed by atoms with E-state index in [0.29, 0.717) is 0 Å². The zero-order chi connectivity index (χ0) is 6.15. The molecule has 1 fully saturated rings. The normalized spacial score (nSPS) is 37.5. The minimum atomic E-state index is -1.40. The highest BCUT2D eigenvalue weighted by atomic mass is 32.2. The Balaban J connectivity index is 2.51. The van der Waals surface area contributed by atoms with E-state index in [1.807, 2.05) is 0 Å². The van der Waals surface area contributed by atoms with Crippen molar-refractivity contribution in [3.05, 3.63) is 0 Å². The monoisotopic (exact) mass is 136 g/mol. The van der Waals surface area contributed by atoms with Crippen LogP contribution < -0.4 is 0 Å². The van der Waals surface area contributed by atoms with Gasteiger partial charge in [0.25, 0.3) is 6.36 Å². The zero-order valence-corrected chi connectivity index (χ0v) is 5.07. The second kappa shape index (κ2) is 1.93. The molecule has 0 aromatic heterocycles. The van der Waals surface area contributed by atoms with Gasteiger partial charge in [-0.1, -0.05) is 0 Å². The van der Waals surface area contributed by atoms with Crippen molar-refractivity contribution >= 4 is 17.1 Å². The van der Waals surface area contributed by atoms with Crippen LogP contribution in [0, 0.1) is 0 Å². The van der Waals surface area contributed by atoms with Crippen LogP contribution in [0.5, 0.6) is 0 Å². The summed E-state index contributed by atoms with van der Waals surface area (Å²) in [6.45, 7) is 1.61. The third-order valence-corrected chi connectivity index (χ3v) is 1.73. The van der Waals surface area contributed by atoms with Crippen LogP contribution in [0.15, 0.2) is 0 Å². The fraction of sp³-hybridized carbons (Fsp3) is 0.750. The van der Waals surface area contributed by atoms with E-state index in [4.69, 9.17) is 0 Å². The highest BCUT2D eigenvalue weighted by Crippen LogP contribution is 2.28. The van der Waals surface area contributed by atoms with Crippen molar-refractivity contribution in [2.24, 2.45) is 0 Å². The maximum Gasteiger partial charge on any atom is 0.370 e. The van der Waals surface area contributed by atoms with Crippen LogP contribution in [0.2, 0.25) is 0 Å². The Bertz CT molecular complexity index is 105. The summed E-state index contributed by atoms with van der Waals surface area (Å²) in [6, 6.07) is 0. The predicted molar refractivity (Wildman–Crippen MR) is 28.4 cm³/mol. The van der Waals surface area contributed by atoms with Gasteiger partial charge in [-0.2, -0.15) is 0 Å². The van der Waals surface area contributed by atoms with Crippen molar-refractivity contribution in [1.82, 2.24) is 0 Å². The van der Waals surface area contributed by atoms with Gasteiger partial charge in [-0.25, -0.2) is 9.18 Å². The molecule has 1 rings (SSSR count). The van der Waals surface area contributed by atoms with Crippen molar-refractivity contribution in [2.45, 2.75) is 18.5 Å². The standard InChI is InChI=1S/C4H5FO2S/c1-2-3(5)7-4(6)8-2/h2-3H,1H3. The molecule has 0 amide bonds. The van der Waals surface area contributed by atoms with E-state index in [9.17, 15) is 9.18 Å². The molecule has 2 nitrogen and oxygen atoms in total. The van der Waals surface area contributed by atoms with Crippen LogP contribution in [0.4, 0.5) is 9.18 Å². The number of carbonyl (C=O) groups excluding carboxylic acids is 1. The van der Waals surface area contributed by atoms with Crippen LogP contribution in [0.3, 0.4) is 0 Å². The van der Waals surface area contributed by atoms with Crippen molar-refractivity contribution in [1.29, 1.82) is 0 Å². The Labute approximate surface area is 50.4 Å². The molecule has 2 unspecified atom stereocenters. The van der Waals surface area contributed by atoms with Crippen molar-refractivity contribution in [3.8, 4) is 0 Å². The highest BCUT2D eigenvalue weighted by molar-refractivity contribution is 8.14. The van der Waals surface area contributed by atoms with E-state index >= 15 is 0 Å². The summed E-state index contributed by atoms with van der Waals surface area (Å²) in [6.07, 6.45) is -1.40. The van der Waals surface area contributed by atoms with Gasteiger partial charge in [0, 0.05) is 0 Å². The summed E-state index contributed by atoms with van der Waals surface area (Å²) in [7, 11) is 0. The Morgan fingerprint density at radius 3 is 2.62 bits per heavy atom. The molecule has 1 heterocycles. The molecule has 8 heavy (non-hydrogen) atoms. The average Bonchev–Trinajstić information content (AvgIpc) is 1.85. The van der Waals surface area contributed by atoms with Crippen LogP contribution in [0.25, 0.3) is 0 Å². The second-order valence-electron chi connectivity index (χ2n) is 1.54.